The maximum Gasteiger partial charge on any atom is 0.123 e. The molecule has 0 saturated heterocycles. The van der Waals surface area contributed by atoms with Gasteiger partial charge in [-0.05, 0) is 23.8 Å². The van der Waals surface area contributed by atoms with Crippen molar-refractivity contribution in [1.29, 1.82) is 5.41 Å². The Balaban J connectivity index is 2.12. The van der Waals surface area contributed by atoms with Crippen molar-refractivity contribution in [3.05, 3.63) is 59.7 Å². The SMILES string of the molecule is COc1cccc(SCc2ccccc2C(=N)N)c1. The first-order chi connectivity index (χ1) is 9.20. The third-order valence-corrected chi connectivity index (χ3v) is 3.79. The summed E-state index contributed by atoms with van der Waals surface area (Å²) in [4.78, 5) is 1.14. The van der Waals surface area contributed by atoms with Gasteiger partial charge in [0.15, 0.2) is 0 Å². The van der Waals surface area contributed by atoms with Crippen LogP contribution in [0.25, 0.3) is 0 Å². The molecule has 3 N–H and O–H groups in total. The van der Waals surface area contributed by atoms with Crippen LogP contribution in [0.3, 0.4) is 0 Å². The number of hydrogen-bond donors (Lipinski definition) is 2. The molecule has 0 aliphatic heterocycles. The van der Waals surface area contributed by atoms with E-state index in [1.165, 1.54) is 0 Å². The van der Waals surface area contributed by atoms with Crippen LogP contribution in [0.15, 0.2) is 53.4 Å². The Bertz CT molecular complexity index is 584. The van der Waals surface area contributed by atoms with Crippen LogP contribution < -0.4 is 10.5 Å². The second-order valence-corrected chi connectivity index (χ2v) is 5.09. The van der Waals surface area contributed by atoms with Crippen molar-refractivity contribution < 1.29 is 4.74 Å². The molecule has 2 rings (SSSR count). The van der Waals surface area contributed by atoms with Gasteiger partial charge in [0.1, 0.15) is 11.6 Å². The zero-order valence-corrected chi connectivity index (χ0v) is 11.5. The molecule has 3 nitrogen and oxygen atoms in total. The standard InChI is InChI=1S/C15H16N2OS/c1-18-12-6-4-7-13(9-12)19-10-11-5-2-3-8-14(11)15(16)17/h2-9H,10H2,1H3,(H3,16,17). The number of hydrogen-bond acceptors (Lipinski definition) is 3. The van der Waals surface area contributed by atoms with E-state index in [9.17, 15) is 0 Å². The van der Waals surface area contributed by atoms with Crippen molar-refractivity contribution in [2.75, 3.05) is 7.11 Å². The molecule has 0 spiro atoms. The maximum atomic E-state index is 7.57. The number of rotatable bonds is 5. The smallest absolute Gasteiger partial charge is 0.123 e. The van der Waals surface area contributed by atoms with Gasteiger partial charge in [-0.25, -0.2) is 0 Å². The van der Waals surface area contributed by atoms with Gasteiger partial charge in [-0.1, -0.05) is 30.3 Å². The third kappa shape index (κ3) is 3.51. The van der Waals surface area contributed by atoms with Crippen molar-refractivity contribution in [2.45, 2.75) is 10.6 Å². The fraction of sp³-hybridized carbons (Fsp3) is 0.133. The van der Waals surface area contributed by atoms with Crippen molar-refractivity contribution in [3.8, 4) is 5.75 Å². The lowest BCUT2D eigenvalue weighted by atomic mass is 10.1. The minimum atomic E-state index is 0.113. The van der Waals surface area contributed by atoms with Crippen LogP contribution in [0.4, 0.5) is 0 Å². The Morgan fingerprint density at radius 1 is 1.21 bits per heavy atom. The molecule has 0 radical (unpaired) electrons. The summed E-state index contributed by atoms with van der Waals surface area (Å²) in [6, 6.07) is 15.7. The first kappa shape index (κ1) is 13.5. The number of nitrogens with two attached hydrogens (primary N) is 1. The largest absolute Gasteiger partial charge is 0.497 e. The van der Waals surface area contributed by atoms with E-state index in [1.54, 1.807) is 18.9 Å². The summed E-state index contributed by atoms with van der Waals surface area (Å²) in [5.41, 5.74) is 7.46. The zero-order chi connectivity index (χ0) is 13.7. The van der Waals surface area contributed by atoms with Gasteiger partial charge in [-0.2, -0.15) is 0 Å². The molecule has 0 aliphatic rings. The summed E-state index contributed by atoms with van der Waals surface area (Å²) >= 11 is 1.70. The molecule has 0 unspecified atom stereocenters. The monoisotopic (exact) mass is 272 g/mol. The second-order valence-electron chi connectivity index (χ2n) is 4.04. The summed E-state index contributed by atoms with van der Waals surface area (Å²) < 4.78 is 5.20. The molecular formula is C15H16N2OS. The van der Waals surface area contributed by atoms with Crippen LogP contribution in [-0.2, 0) is 5.75 Å². The summed E-state index contributed by atoms with van der Waals surface area (Å²) in [7, 11) is 1.66. The third-order valence-electron chi connectivity index (χ3n) is 2.74. The summed E-state index contributed by atoms with van der Waals surface area (Å²) in [5, 5.41) is 7.57. The van der Waals surface area contributed by atoms with Gasteiger partial charge in [0.05, 0.1) is 7.11 Å². The highest BCUT2D eigenvalue weighted by molar-refractivity contribution is 7.98. The van der Waals surface area contributed by atoms with Crippen LogP contribution in [0.5, 0.6) is 5.75 Å². The van der Waals surface area contributed by atoms with E-state index in [0.29, 0.717) is 0 Å². The van der Waals surface area contributed by atoms with Crippen LogP contribution in [0.1, 0.15) is 11.1 Å². The number of benzene rings is 2. The van der Waals surface area contributed by atoms with Crippen LogP contribution >= 0.6 is 11.8 Å². The number of nitrogens with one attached hydrogen (secondary N) is 1. The van der Waals surface area contributed by atoms with Crippen LogP contribution in [0.2, 0.25) is 0 Å². The average molecular weight is 272 g/mol. The van der Waals surface area contributed by atoms with E-state index < -0.39 is 0 Å². The molecule has 2 aromatic rings. The van der Waals surface area contributed by atoms with E-state index in [4.69, 9.17) is 15.9 Å². The Hall–Kier alpha value is -1.94. The van der Waals surface area contributed by atoms with Gasteiger partial charge >= 0.3 is 0 Å². The van der Waals surface area contributed by atoms with Crippen molar-refractivity contribution in [3.63, 3.8) is 0 Å². The van der Waals surface area contributed by atoms with E-state index >= 15 is 0 Å². The molecule has 4 heteroatoms. The minimum absolute atomic E-state index is 0.113. The topological polar surface area (TPSA) is 59.1 Å². The molecule has 0 fully saturated rings. The predicted molar refractivity (Wildman–Crippen MR) is 80.0 cm³/mol. The molecular weight excluding hydrogens is 256 g/mol. The van der Waals surface area contributed by atoms with E-state index in [1.807, 2.05) is 48.5 Å². The normalized spacial score (nSPS) is 10.2. The minimum Gasteiger partial charge on any atom is -0.497 e. The first-order valence-corrected chi connectivity index (χ1v) is 6.88. The summed E-state index contributed by atoms with van der Waals surface area (Å²) in [6.07, 6.45) is 0. The van der Waals surface area contributed by atoms with Crippen molar-refractivity contribution >= 4 is 17.6 Å². The number of nitrogen functional groups attached to an aromatic ring is 1. The number of amidine groups is 1. The Kier molecular flexibility index (Phi) is 4.47. The lowest BCUT2D eigenvalue weighted by Crippen LogP contribution is -2.13. The van der Waals surface area contributed by atoms with Crippen molar-refractivity contribution in [2.24, 2.45) is 5.73 Å². The zero-order valence-electron chi connectivity index (χ0n) is 10.7. The van der Waals surface area contributed by atoms with Gasteiger partial charge in [0.2, 0.25) is 0 Å². The lowest BCUT2D eigenvalue weighted by Gasteiger charge is -2.08. The van der Waals surface area contributed by atoms with E-state index in [0.717, 1.165) is 27.5 Å². The van der Waals surface area contributed by atoms with Crippen LogP contribution in [0, 0.1) is 5.41 Å². The van der Waals surface area contributed by atoms with Gasteiger partial charge in [-0.3, -0.25) is 5.41 Å². The number of thioether (sulfide) groups is 1. The quantitative estimate of drug-likeness (QED) is 0.499. The second kappa shape index (κ2) is 6.29. The highest BCUT2D eigenvalue weighted by Gasteiger charge is 2.05. The number of methoxy groups -OCH3 is 1. The van der Waals surface area contributed by atoms with Gasteiger partial charge in [-0.15, -0.1) is 11.8 Å². The van der Waals surface area contributed by atoms with E-state index in [2.05, 4.69) is 0 Å². The molecule has 98 valence electrons. The molecule has 0 amide bonds. The number of ether oxygens (including phenoxy) is 1. The fourth-order valence-corrected chi connectivity index (χ4v) is 2.71. The Morgan fingerprint density at radius 3 is 2.74 bits per heavy atom. The van der Waals surface area contributed by atoms with E-state index in [-0.39, 0.29) is 5.84 Å². The summed E-state index contributed by atoms with van der Waals surface area (Å²) in [6.45, 7) is 0. The molecule has 0 heterocycles. The fourth-order valence-electron chi connectivity index (χ4n) is 1.76. The van der Waals surface area contributed by atoms with Gasteiger partial charge < -0.3 is 10.5 Å². The predicted octanol–water partition coefficient (Wildman–Crippen LogP) is 3.27. The van der Waals surface area contributed by atoms with Crippen LogP contribution in [-0.4, -0.2) is 12.9 Å². The first-order valence-electron chi connectivity index (χ1n) is 5.90. The highest BCUT2D eigenvalue weighted by atomic mass is 32.2. The van der Waals surface area contributed by atoms with Gasteiger partial charge in [0, 0.05) is 16.2 Å². The molecule has 0 saturated carbocycles. The molecule has 0 atom stereocenters. The molecule has 0 bridgehead atoms. The Labute approximate surface area is 117 Å². The maximum absolute atomic E-state index is 7.57. The lowest BCUT2D eigenvalue weighted by molar-refractivity contribution is 0.413. The molecule has 0 aromatic heterocycles. The average Bonchev–Trinajstić information content (AvgIpc) is 2.45. The highest BCUT2D eigenvalue weighted by Crippen LogP contribution is 2.27. The molecule has 19 heavy (non-hydrogen) atoms. The molecule has 0 aliphatic carbocycles. The molecule has 2 aromatic carbocycles. The van der Waals surface area contributed by atoms with Crippen molar-refractivity contribution in [1.82, 2.24) is 0 Å². The summed E-state index contributed by atoms with van der Waals surface area (Å²) in [5.74, 6) is 1.75. The van der Waals surface area contributed by atoms with Gasteiger partial charge in [0.25, 0.3) is 0 Å². The Morgan fingerprint density at radius 2 is 2.00 bits per heavy atom.